The minimum Gasteiger partial charge on any atom is -0.493 e. The molecule has 0 saturated heterocycles. The van der Waals surface area contributed by atoms with Crippen molar-refractivity contribution in [1.29, 1.82) is 0 Å². The Hall–Kier alpha value is -2.75. The Labute approximate surface area is 181 Å². The fourth-order valence-electron chi connectivity index (χ4n) is 3.10. The van der Waals surface area contributed by atoms with Gasteiger partial charge in [0, 0.05) is 25.3 Å². The number of ether oxygens (including phenoxy) is 3. The van der Waals surface area contributed by atoms with Crippen LogP contribution >= 0.6 is 22.7 Å². The molecule has 0 atom stereocenters. The van der Waals surface area contributed by atoms with Crippen molar-refractivity contribution in [2.75, 3.05) is 27.4 Å². The third-order valence-corrected chi connectivity index (χ3v) is 6.59. The van der Waals surface area contributed by atoms with Gasteiger partial charge in [-0.15, -0.1) is 11.3 Å². The van der Waals surface area contributed by atoms with Gasteiger partial charge in [-0.25, -0.2) is 4.98 Å². The molecule has 30 heavy (non-hydrogen) atoms. The van der Waals surface area contributed by atoms with Gasteiger partial charge >= 0.3 is 5.91 Å². The van der Waals surface area contributed by atoms with Gasteiger partial charge in [-0.1, -0.05) is 23.5 Å². The first-order valence-electron chi connectivity index (χ1n) is 9.42. The van der Waals surface area contributed by atoms with Crippen LogP contribution in [0.5, 0.6) is 11.5 Å². The highest BCUT2D eigenvalue weighted by Crippen LogP contribution is 2.33. The molecule has 2 aromatic carbocycles. The molecule has 0 fully saturated rings. The van der Waals surface area contributed by atoms with E-state index in [4.69, 9.17) is 14.2 Å². The first-order chi connectivity index (χ1) is 14.6. The third kappa shape index (κ3) is 3.96. The second kappa shape index (κ2) is 8.95. The van der Waals surface area contributed by atoms with Crippen molar-refractivity contribution in [1.82, 2.24) is 9.55 Å². The van der Waals surface area contributed by atoms with Gasteiger partial charge < -0.3 is 18.8 Å². The molecule has 0 aliphatic rings. The van der Waals surface area contributed by atoms with Crippen LogP contribution in [-0.2, 0) is 11.3 Å². The van der Waals surface area contributed by atoms with Crippen LogP contribution in [-0.4, -0.2) is 42.9 Å². The quantitative estimate of drug-likeness (QED) is 0.402. The van der Waals surface area contributed by atoms with E-state index in [-0.39, 0.29) is 5.91 Å². The summed E-state index contributed by atoms with van der Waals surface area (Å²) in [5.41, 5.74) is 1.71. The summed E-state index contributed by atoms with van der Waals surface area (Å²) in [5.74, 6) is 0.899. The molecule has 1 amide bonds. The summed E-state index contributed by atoms with van der Waals surface area (Å²) in [7, 11) is 3.20. The largest absolute Gasteiger partial charge is 0.493 e. The number of carbonyl (C=O) groups excluding carboxylic acids is 1. The molecule has 0 unspecified atom stereocenters. The third-order valence-electron chi connectivity index (χ3n) is 4.53. The van der Waals surface area contributed by atoms with Gasteiger partial charge in [0.05, 0.1) is 41.3 Å². The van der Waals surface area contributed by atoms with Crippen molar-refractivity contribution in [2.45, 2.75) is 13.5 Å². The van der Waals surface area contributed by atoms with Crippen molar-refractivity contribution in [3.05, 3.63) is 46.2 Å². The van der Waals surface area contributed by atoms with Gasteiger partial charge in [-0.05, 0) is 19.1 Å². The number of para-hydroxylation sites is 1. The Morgan fingerprint density at radius 3 is 2.60 bits per heavy atom. The topological polar surface area (TPSA) is 74.9 Å². The first kappa shape index (κ1) is 20.5. The Bertz CT molecular complexity index is 1240. The van der Waals surface area contributed by atoms with Gasteiger partial charge in [0.1, 0.15) is 0 Å². The fourth-order valence-corrected chi connectivity index (χ4v) is 5.01. The number of fused-ring (bicyclic) bond motifs is 2. The van der Waals surface area contributed by atoms with Crippen LogP contribution < -0.4 is 14.3 Å². The molecule has 0 bridgehead atoms. The molecule has 0 saturated carbocycles. The minimum absolute atomic E-state index is 0.355. The number of benzene rings is 2. The highest BCUT2D eigenvalue weighted by Gasteiger charge is 2.15. The maximum absolute atomic E-state index is 12.9. The van der Waals surface area contributed by atoms with Crippen LogP contribution in [0.15, 0.2) is 41.4 Å². The Kier molecular flexibility index (Phi) is 6.12. The van der Waals surface area contributed by atoms with E-state index >= 15 is 0 Å². The summed E-state index contributed by atoms with van der Waals surface area (Å²) in [6.07, 6.45) is 0. The minimum atomic E-state index is -0.355. The number of aromatic nitrogens is 2. The molecule has 2 heterocycles. The first-order valence-corrected chi connectivity index (χ1v) is 11.1. The molecule has 0 spiro atoms. The zero-order chi connectivity index (χ0) is 21.1. The number of methoxy groups -OCH3 is 2. The molecule has 0 N–H and O–H groups in total. The van der Waals surface area contributed by atoms with Crippen molar-refractivity contribution in [3.8, 4) is 11.5 Å². The smallest absolute Gasteiger partial charge is 0.308 e. The van der Waals surface area contributed by atoms with E-state index in [1.165, 1.54) is 22.7 Å². The van der Waals surface area contributed by atoms with Crippen LogP contribution in [0.3, 0.4) is 0 Å². The summed E-state index contributed by atoms with van der Waals surface area (Å²) in [6, 6.07) is 11.5. The van der Waals surface area contributed by atoms with E-state index in [1.54, 1.807) is 14.2 Å². The lowest BCUT2D eigenvalue weighted by atomic mass is 10.3. The van der Waals surface area contributed by atoms with Crippen molar-refractivity contribution < 1.29 is 19.0 Å². The van der Waals surface area contributed by atoms with E-state index in [2.05, 4.69) is 9.98 Å². The molecule has 9 heteroatoms. The summed E-state index contributed by atoms with van der Waals surface area (Å²) in [5, 5.41) is 0.375. The maximum Gasteiger partial charge on any atom is 0.308 e. The highest BCUT2D eigenvalue weighted by molar-refractivity contribution is 7.20. The summed E-state index contributed by atoms with van der Waals surface area (Å²) in [6.45, 7) is 3.65. The second-order valence-corrected chi connectivity index (χ2v) is 8.35. The number of nitrogens with zero attached hydrogens (tertiary/aromatic N) is 3. The van der Waals surface area contributed by atoms with E-state index in [9.17, 15) is 4.79 Å². The Balaban J connectivity index is 1.82. The van der Waals surface area contributed by atoms with Crippen LogP contribution in [0.1, 0.15) is 16.7 Å². The zero-order valence-electron chi connectivity index (χ0n) is 16.9. The lowest BCUT2D eigenvalue weighted by molar-refractivity contribution is 0.0996. The van der Waals surface area contributed by atoms with E-state index in [0.717, 1.165) is 20.4 Å². The zero-order valence-corrected chi connectivity index (χ0v) is 18.5. The molecule has 156 valence electrons. The molecule has 2 aromatic heterocycles. The SMILES string of the molecule is CCOCCn1c(=NC(=O)c2nc3ccccc3s2)sc2cc(OC)c(OC)cc21. The summed E-state index contributed by atoms with van der Waals surface area (Å²) in [4.78, 5) is 22.3. The van der Waals surface area contributed by atoms with Gasteiger partial charge in [0.15, 0.2) is 21.3 Å². The standard InChI is InChI=1S/C21H21N3O4S2/c1-4-28-10-9-24-14-11-15(26-2)16(27-3)12-18(14)30-21(24)23-19(25)20-22-13-7-5-6-8-17(13)29-20/h5-8,11-12H,4,9-10H2,1-3H3. The number of rotatable bonds is 7. The molecule has 4 rings (SSSR count). The summed E-state index contributed by atoms with van der Waals surface area (Å²) < 4.78 is 20.3. The lowest BCUT2D eigenvalue weighted by Crippen LogP contribution is -2.19. The predicted octanol–water partition coefficient (Wildman–Crippen LogP) is 4.11. The number of thiazole rings is 2. The fraction of sp³-hybridized carbons (Fsp3) is 0.286. The van der Waals surface area contributed by atoms with Crippen LogP contribution in [0.4, 0.5) is 0 Å². The van der Waals surface area contributed by atoms with E-state index in [0.29, 0.717) is 41.1 Å². The Morgan fingerprint density at radius 2 is 1.87 bits per heavy atom. The number of hydrogen-bond donors (Lipinski definition) is 0. The molecule has 0 aliphatic heterocycles. The molecular formula is C21H21N3O4S2. The van der Waals surface area contributed by atoms with Crippen molar-refractivity contribution >= 4 is 49.0 Å². The van der Waals surface area contributed by atoms with E-state index in [1.807, 2.05) is 47.9 Å². The predicted molar refractivity (Wildman–Crippen MR) is 119 cm³/mol. The van der Waals surface area contributed by atoms with Gasteiger partial charge in [0.25, 0.3) is 0 Å². The maximum atomic E-state index is 12.9. The molecular weight excluding hydrogens is 422 g/mol. The molecule has 4 aromatic rings. The second-order valence-electron chi connectivity index (χ2n) is 6.31. The normalized spacial score (nSPS) is 12.0. The monoisotopic (exact) mass is 443 g/mol. The number of amides is 1. The number of hydrogen-bond acceptors (Lipinski definition) is 7. The molecule has 0 aliphatic carbocycles. The van der Waals surface area contributed by atoms with Crippen LogP contribution in [0.25, 0.3) is 20.4 Å². The van der Waals surface area contributed by atoms with Crippen molar-refractivity contribution in [2.24, 2.45) is 4.99 Å². The average molecular weight is 444 g/mol. The molecule has 0 radical (unpaired) electrons. The van der Waals surface area contributed by atoms with E-state index < -0.39 is 0 Å². The van der Waals surface area contributed by atoms with Crippen LogP contribution in [0, 0.1) is 0 Å². The molecule has 7 nitrogen and oxygen atoms in total. The van der Waals surface area contributed by atoms with Gasteiger partial charge in [-0.2, -0.15) is 4.99 Å². The van der Waals surface area contributed by atoms with Crippen molar-refractivity contribution in [3.63, 3.8) is 0 Å². The van der Waals surface area contributed by atoms with Gasteiger partial charge in [0.2, 0.25) is 0 Å². The van der Waals surface area contributed by atoms with Crippen LogP contribution in [0.2, 0.25) is 0 Å². The average Bonchev–Trinajstić information content (AvgIpc) is 3.34. The summed E-state index contributed by atoms with van der Waals surface area (Å²) >= 11 is 2.77. The number of carbonyl (C=O) groups is 1. The Morgan fingerprint density at radius 1 is 1.10 bits per heavy atom. The highest BCUT2D eigenvalue weighted by atomic mass is 32.1. The van der Waals surface area contributed by atoms with Gasteiger partial charge in [-0.3, -0.25) is 4.79 Å². The lowest BCUT2D eigenvalue weighted by Gasteiger charge is -2.09.